The van der Waals surface area contributed by atoms with Crippen LogP contribution in [-0.2, 0) is 0 Å². The molecule has 1 aromatic carbocycles. The topological polar surface area (TPSA) is 15.3 Å². The highest BCUT2D eigenvalue weighted by molar-refractivity contribution is 7.99. The summed E-state index contributed by atoms with van der Waals surface area (Å²) in [6, 6.07) is 5.35. The lowest BCUT2D eigenvalue weighted by Crippen LogP contribution is -2.46. The van der Waals surface area contributed by atoms with Gasteiger partial charge in [0.2, 0.25) is 0 Å². The molecule has 1 unspecified atom stereocenters. The Morgan fingerprint density at radius 1 is 1.35 bits per heavy atom. The fourth-order valence-electron chi connectivity index (χ4n) is 2.01. The van der Waals surface area contributed by atoms with Gasteiger partial charge in [0.05, 0.1) is 5.37 Å². The van der Waals surface area contributed by atoms with E-state index in [1.165, 1.54) is 0 Å². The molecule has 0 spiro atoms. The standard InChI is InChI=1S/C13H19FN2S/c1-10-9-12(3-4-13(10)14)17-11(2)16-7-5-15-6-8-16/h3-4,9,11,15H,5-8H2,1-2H3. The summed E-state index contributed by atoms with van der Waals surface area (Å²) in [4.78, 5) is 3.61. The Hall–Kier alpha value is -0.580. The number of nitrogens with one attached hydrogen (secondary N) is 1. The summed E-state index contributed by atoms with van der Waals surface area (Å²) in [6.07, 6.45) is 0. The molecular formula is C13H19FN2S. The van der Waals surface area contributed by atoms with Gasteiger partial charge in [-0.2, -0.15) is 0 Å². The molecular weight excluding hydrogens is 235 g/mol. The quantitative estimate of drug-likeness (QED) is 0.834. The van der Waals surface area contributed by atoms with Crippen LogP contribution in [0, 0.1) is 12.7 Å². The molecule has 4 heteroatoms. The molecule has 2 nitrogen and oxygen atoms in total. The Bertz CT molecular complexity index is 378. The van der Waals surface area contributed by atoms with Crippen molar-refractivity contribution in [1.29, 1.82) is 0 Å². The van der Waals surface area contributed by atoms with Gasteiger partial charge in [-0.05, 0) is 37.6 Å². The van der Waals surface area contributed by atoms with Gasteiger partial charge >= 0.3 is 0 Å². The van der Waals surface area contributed by atoms with Gasteiger partial charge in [-0.1, -0.05) is 0 Å². The van der Waals surface area contributed by atoms with Gasteiger partial charge in [0, 0.05) is 31.1 Å². The summed E-state index contributed by atoms with van der Waals surface area (Å²) < 4.78 is 13.2. The average molecular weight is 254 g/mol. The molecule has 1 N–H and O–H groups in total. The molecule has 1 fully saturated rings. The van der Waals surface area contributed by atoms with E-state index >= 15 is 0 Å². The van der Waals surface area contributed by atoms with E-state index < -0.39 is 0 Å². The average Bonchev–Trinajstić information content (AvgIpc) is 2.35. The zero-order valence-electron chi connectivity index (χ0n) is 10.4. The minimum absolute atomic E-state index is 0.121. The van der Waals surface area contributed by atoms with Gasteiger partial charge in [0.1, 0.15) is 5.82 Å². The van der Waals surface area contributed by atoms with E-state index in [2.05, 4.69) is 17.1 Å². The highest BCUT2D eigenvalue weighted by atomic mass is 32.2. The first kappa shape index (κ1) is 12.9. The predicted octanol–water partition coefficient (Wildman–Crippen LogP) is 2.48. The Kier molecular flexibility index (Phi) is 4.42. The molecule has 0 radical (unpaired) electrons. The van der Waals surface area contributed by atoms with Crippen molar-refractivity contribution in [2.45, 2.75) is 24.1 Å². The van der Waals surface area contributed by atoms with Crippen LogP contribution in [0.1, 0.15) is 12.5 Å². The maximum Gasteiger partial charge on any atom is 0.126 e. The number of hydrogen-bond acceptors (Lipinski definition) is 3. The highest BCUT2D eigenvalue weighted by Gasteiger charge is 2.17. The molecule has 1 aliphatic heterocycles. The van der Waals surface area contributed by atoms with E-state index in [0.29, 0.717) is 5.37 Å². The van der Waals surface area contributed by atoms with E-state index in [1.54, 1.807) is 17.8 Å². The van der Waals surface area contributed by atoms with Crippen molar-refractivity contribution in [3.63, 3.8) is 0 Å². The highest BCUT2D eigenvalue weighted by Crippen LogP contribution is 2.27. The summed E-state index contributed by atoms with van der Waals surface area (Å²) in [6.45, 7) is 8.34. The van der Waals surface area contributed by atoms with Gasteiger partial charge < -0.3 is 5.32 Å². The van der Waals surface area contributed by atoms with Crippen LogP contribution in [0.3, 0.4) is 0 Å². The van der Waals surface area contributed by atoms with Gasteiger partial charge in [-0.3, -0.25) is 4.90 Å². The lowest BCUT2D eigenvalue weighted by molar-refractivity contribution is 0.234. The van der Waals surface area contributed by atoms with Gasteiger partial charge in [0.15, 0.2) is 0 Å². The third kappa shape index (κ3) is 3.44. The van der Waals surface area contributed by atoms with Crippen LogP contribution in [-0.4, -0.2) is 36.5 Å². The Labute approximate surface area is 107 Å². The summed E-state index contributed by atoms with van der Waals surface area (Å²) in [5, 5.41) is 3.80. The van der Waals surface area contributed by atoms with Crippen molar-refractivity contribution in [2.75, 3.05) is 26.2 Å². The maximum absolute atomic E-state index is 13.2. The second-order valence-electron chi connectivity index (χ2n) is 4.41. The number of piperazine rings is 1. The van der Waals surface area contributed by atoms with E-state index in [4.69, 9.17) is 0 Å². The molecule has 17 heavy (non-hydrogen) atoms. The molecule has 0 aliphatic carbocycles. The van der Waals surface area contributed by atoms with Gasteiger partial charge in [-0.25, -0.2) is 4.39 Å². The zero-order valence-corrected chi connectivity index (χ0v) is 11.2. The number of aryl methyl sites for hydroxylation is 1. The molecule has 1 heterocycles. The Morgan fingerprint density at radius 3 is 2.71 bits per heavy atom. The molecule has 2 rings (SSSR count). The third-order valence-corrected chi connectivity index (χ3v) is 4.27. The fraction of sp³-hybridized carbons (Fsp3) is 0.538. The minimum atomic E-state index is -0.121. The van der Waals surface area contributed by atoms with E-state index in [9.17, 15) is 4.39 Å². The molecule has 0 amide bonds. The smallest absolute Gasteiger partial charge is 0.126 e. The molecule has 1 aromatic rings. The molecule has 94 valence electrons. The minimum Gasteiger partial charge on any atom is -0.314 e. The molecule has 0 bridgehead atoms. The van der Waals surface area contributed by atoms with Crippen LogP contribution in [0.2, 0.25) is 0 Å². The van der Waals surface area contributed by atoms with Gasteiger partial charge in [0.25, 0.3) is 0 Å². The van der Waals surface area contributed by atoms with Crippen molar-refractivity contribution in [2.24, 2.45) is 0 Å². The van der Waals surface area contributed by atoms with Crippen molar-refractivity contribution in [1.82, 2.24) is 10.2 Å². The summed E-state index contributed by atoms with van der Waals surface area (Å²) in [7, 11) is 0. The molecule has 0 saturated carbocycles. The zero-order chi connectivity index (χ0) is 12.3. The normalized spacial score (nSPS) is 19.2. The van der Waals surface area contributed by atoms with Crippen molar-refractivity contribution >= 4 is 11.8 Å². The van der Waals surface area contributed by atoms with Crippen LogP contribution >= 0.6 is 11.8 Å². The van der Waals surface area contributed by atoms with Crippen LogP contribution < -0.4 is 5.32 Å². The van der Waals surface area contributed by atoms with E-state index in [-0.39, 0.29) is 5.82 Å². The van der Waals surface area contributed by atoms with Gasteiger partial charge in [-0.15, -0.1) is 11.8 Å². The second kappa shape index (κ2) is 5.85. The number of nitrogens with zero attached hydrogens (tertiary/aromatic N) is 1. The maximum atomic E-state index is 13.2. The Morgan fingerprint density at radius 2 is 2.06 bits per heavy atom. The number of benzene rings is 1. The lowest BCUT2D eigenvalue weighted by Gasteiger charge is -2.32. The largest absolute Gasteiger partial charge is 0.314 e. The number of thioether (sulfide) groups is 1. The van der Waals surface area contributed by atoms with Crippen molar-refractivity contribution in [3.05, 3.63) is 29.6 Å². The molecule has 1 atom stereocenters. The fourth-order valence-corrected chi connectivity index (χ4v) is 3.15. The lowest BCUT2D eigenvalue weighted by atomic mass is 10.2. The van der Waals surface area contributed by atoms with E-state index in [0.717, 1.165) is 36.6 Å². The second-order valence-corrected chi connectivity index (χ2v) is 5.80. The predicted molar refractivity (Wildman–Crippen MR) is 70.9 cm³/mol. The first-order valence-corrected chi connectivity index (χ1v) is 6.92. The number of hydrogen-bond donors (Lipinski definition) is 1. The first-order valence-electron chi connectivity index (χ1n) is 6.04. The molecule has 1 saturated heterocycles. The summed E-state index contributed by atoms with van der Waals surface area (Å²) >= 11 is 1.80. The van der Waals surface area contributed by atoms with Crippen LogP contribution in [0.5, 0.6) is 0 Å². The monoisotopic (exact) mass is 254 g/mol. The van der Waals surface area contributed by atoms with Crippen molar-refractivity contribution in [3.8, 4) is 0 Å². The SMILES string of the molecule is Cc1cc(SC(C)N2CCNCC2)ccc1F. The van der Waals surface area contributed by atoms with Crippen LogP contribution in [0.15, 0.2) is 23.1 Å². The number of rotatable bonds is 3. The van der Waals surface area contributed by atoms with Crippen molar-refractivity contribution < 1.29 is 4.39 Å². The van der Waals surface area contributed by atoms with Crippen LogP contribution in [0.4, 0.5) is 4.39 Å². The van der Waals surface area contributed by atoms with E-state index in [1.807, 2.05) is 19.1 Å². The molecule has 0 aromatic heterocycles. The first-order chi connectivity index (χ1) is 8.16. The van der Waals surface area contributed by atoms with Crippen LogP contribution in [0.25, 0.3) is 0 Å². The molecule has 1 aliphatic rings. The number of halogens is 1. The summed E-state index contributed by atoms with van der Waals surface area (Å²) in [5.41, 5.74) is 0.725. The third-order valence-electron chi connectivity index (χ3n) is 3.10. The Balaban J connectivity index is 1.96. The summed E-state index contributed by atoms with van der Waals surface area (Å²) in [5.74, 6) is -0.121.